The molecule has 262 valence electrons. The Bertz CT molecular complexity index is 1950. The molecule has 1 atom stereocenters. The largest absolute Gasteiger partial charge is 0.460 e. The highest BCUT2D eigenvalue weighted by molar-refractivity contribution is 9.10. The van der Waals surface area contributed by atoms with Crippen LogP contribution in [0.1, 0.15) is 101 Å². The highest BCUT2D eigenvalue weighted by atomic mass is 79.9. The molecule has 50 heavy (non-hydrogen) atoms. The number of rotatable bonds is 6. The highest BCUT2D eigenvalue weighted by Gasteiger charge is 2.59. The molecule has 8 nitrogen and oxygen atoms in total. The number of carbonyl (C=O) groups is 3. The number of halogens is 1. The molecule has 0 aliphatic heterocycles. The quantitative estimate of drug-likeness (QED) is 0.191. The molecule has 1 heterocycles. The third-order valence-corrected chi connectivity index (χ3v) is 10.4. The molecule has 3 fully saturated rings. The van der Waals surface area contributed by atoms with E-state index in [9.17, 15) is 14.4 Å². The van der Waals surface area contributed by atoms with Crippen LogP contribution >= 0.6 is 15.9 Å². The average molecular weight is 741 g/mol. The van der Waals surface area contributed by atoms with Crippen molar-refractivity contribution in [3.63, 3.8) is 0 Å². The molecule has 1 unspecified atom stereocenters. The second-order valence-electron chi connectivity index (χ2n) is 15.9. The Morgan fingerprint density at radius 3 is 2.18 bits per heavy atom. The Kier molecular flexibility index (Phi) is 9.35. The van der Waals surface area contributed by atoms with E-state index in [2.05, 4.69) is 26.6 Å². The van der Waals surface area contributed by atoms with Gasteiger partial charge in [-0.3, -0.25) is 14.9 Å². The van der Waals surface area contributed by atoms with Crippen molar-refractivity contribution in [1.82, 2.24) is 10.3 Å². The van der Waals surface area contributed by atoms with Crippen LogP contribution in [0.25, 0.3) is 22.2 Å². The minimum Gasteiger partial charge on any atom is -0.460 e. The van der Waals surface area contributed by atoms with Crippen LogP contribution in [0.3, 0.4) is 0 Å². The number of esters is 1. The maximum Gasteiger partial charge on any atom is 0.412 e. The lowest BCUT2D eigenvalue weighted by Gasteiger charge is -2.57. The van der Waals surface area contributed by atoms with E-state index in [1.54, 1.807) is 0 Å². The van der Waals surface area contributed by atoms with Gasteiger partial charge in [0.1, 0.15) is 11.2 Å². The van der Waals surface area contributed by atoms with Crippen LogP contribution in [-0.2, 0) is 14.3 Å². The number of carbonyl (C=O) groups excluding carboxylic acids is 3. The molecule has 2 N–H and O–H groups in total. The van der Waals surface area contributed by atoms with Crippen molar-refractivity contribution in [2.24, 2.45) is 5.41 Å². The fourth-order valence-electron chi connectivity index (χ4n) is 7.68. The Labute approximate surface area is 302 Å². The zero-order chi connectivity index (χ0) is 36.1. The fraction of sp³-hybridized carbons (Fsp3) is 0.415. The maximum atomic E-state index is 14.8. The minimum absolute atomic E-state index is 0.176. The van der Waals surface area contributed by atoms with Gasteiger partial charge >= 0.3 is 12.1 Å². The van der Waals surface area contributed by atoms with Gasteiger partial charge in [0.2, 0.25) is 0 Å². The smallest absolute Gasteiger partial charge is 0.412 e. The van der Waals surface area contributed by atoms with Crippen molar-refractivity contribution in [3.05, 3.63) is 94.0 Å². The second kappa shape index (κ2) is 13.1. The average Bonchev–Trinajstić information content (AvgIpc) is 3.03. The Morgan fingerprint density at radius 2 is 1.52 bits per heavy atom. The first-order valence-corrected chi connectivity index (χ1v) is 18.1. The molecule has 2 amide bonds. The van der Waals surface area contributed by atoms with Crippen molar-refractivity contribution in [1.29, 1.82) is 0 Å². The lowest BCUT2D eigenvalue weighted by Crippen LogP contribution is -2.62. The van der Waals surface area contributed by atoms with Gasteiger partial charge in [0.05, 0.1) is 22.2 Å². The van der Waals surface area contributed by atoms with Gasteiger partial charge in [-0.05, 0) is 122 Å². The summed E-state index contributed by atoms with van der Waals surface area (Å²) in [6.45, 7) is 13.1. The van der Waals surface area contributed by atoms with Gasteiger partial charge in [0.25, 0.3) is 5.91 Å². The number of nitrogens with zero attached hydrogens (tertiary/aromatic N) is 1. The van der Waals surface area contributed by atoms with Crippen LogP contribution in [0.5, 0.6) is 0 Å². The van der Waals surface area contributed by atoms with E-state index in [1.807, 2.05) is 121 Å². The van der Waals surface area contributed by atoms with E-state index >= 15 is 0 Å². The minimum atomic E-state index is -0.677. The van der Waals surface area contributed by atoms with Gasteiger partial charge in [0, 0.05) is 32.6 Å². The number of fused-ring (bicyclic) bond motifs is 4. The molecular formula is C41H46BrN3O5. The van der Waals surface area contributed by atoms with E-state index in [4.69, 9.17) is 14.5 Å². The Balaban J connectivity index is 1.41. The summed E-state index contributed by atoms with van der Waals surface area (Å²) in [7, 11) is 0. The van der Waals surface area contributed by atoms with E-state index in [0.29, 0.717) is 43.4 Å². The van der Waals surface area contributed by atoms with Crippen LogP contribution < -0.4 is 10.6 Å². The number of pyridine rings is 1. The van der Waals surface area contributed by atoms with E-state index in [0.717, 1.165) is 37.8 Å². The van der Waals surface area contributed by atoms with Crippen LogP contribution in [0, 0.1) is 12.3 Å². The number of ether oxygens (including phenoxy) is 2. The van der Waals surface area contributed by atoms with Gasteiger partial charge in [-0.2, -0.15) is 0 Å². The van der Waals surface area contributed by atoms with Crippen LogP contribution in [0.2, 0.25) is 0 Å². The molecule has 3 aromatic carbocycles. The molecule has 2 bridgehead atoms. The van der Waals surface area contributed by atoms with Gasteiger partial charge in [-0.1, -0.05) is 58.4 Å². The summed E-state index contributed by atoms with van der Waals surface area (Å²) < 4.78 is 12.4. The number of benzene rings is 3. The second-order valence-corrected chi connectivity index (χ2v) is 16.8. The predicted octanol–water partition coefficient (Wildman–Crippen LogP) is 9.88. The molecule has 0 radical (unpaired) electrons. The third-order valence-electron chi connectivity index (χ3n) is 9.95. The fourth-order valence-corrected chi connectivity index (χ4v) is 8.04. The monoisotopic (exact) mass is 739 g/mol. The number of nitrogens with one attached hydrogen (secondary N) is 2. The number of amides is 2. The number of hydrogen-bond acceptors (Lipinski definition) is 6. The van der Waals surface area contributed by atoms with Crippen molar-refractivity contribution < 1.29 is 23.9 Å². The summed E-state index contributed by atoms with van der Waals surface area (Å²) in [6.07, 6.45) is 2.37. The lowest BCUT2D eigenvalue weighted by molar-refractivity contribution is -0.176. The Morgan fingerprint density at radius 1 is 0.840 bits per heavy atom. The molecular weight excluding hydrogens is 694 g/mol. The van der Waals surface area contributed by atoms with Gasteiger partial charge in [-0.15, -0.1) is 0 Å². The summed E-state index contributed by atoms with van der Waals surface area (Å²) in [5, 5.41) is 7.20. The molecule has 1 aromatic heterocycles. The molecule has 3 aliphatic carbocycles. The van der Waals surface area contributed by atoms with E-state index in [-0.39, 0.29) is 17.8 Å². The summed E-state index contributed by atoms with van der Waals surface area (Å²) in [5.74, 6) is -0.591. The standard InChI is InChI=1S/C41H46BrN3O5/c1-25-33(30-23-28(42)16-17-32(30)44-34(25)26-12-9-8-10-13-26)35(46)45-41-20-18-40(19-21-41,36(47)49-38(2,3)4)24-31(41)27-14-11-15-29(22-27)43-37(48)50-39(5,6)7/h8-17,22-23,31H,18-21,24H2,1-7H3,(H,43,48)(H,45,46). The van der Waals surface area contributed by atoms with Crippen LogP contribution in [-0.4, -0.2) is 39.7 Å². The zero-order valence-corrected chi connectivity index (χ0v) is 31.5. The zero-order valence-electron chi connectivity index (χ0n) is 29.9. The maximum absolute atomic E-state index is 14.8. The van der Waals surface area contributed by atoms with Crippen molar-refractivity contribution in [2.45, 2.75) is 103 Å². The molecule has 0 spiro atoms. The molecule has 0 saturated heterocycles. The molecule has 4 aromatic rings. The first kappa shape index (κ1) is 35.6. The van der Waals surface area contributed by atoms with Gasteiger partial charge in [0.15, 0.2) is 0 Å². The van der Waals surface area contributed by atoms with E-state index in [1.165, 1.54) is 0 Å². The summed E-state index contributed by atoms with van der Waals surface area (Å²) in [5.41, 5.74) is 2.72. The topological polar surface area (TPSA) is 107 Å². The highest BCUT2D eigenvalue weighted by Crippen LogP contribution is 2.59. The first-order chi connectivity index (χ1) is 23.5. The van der Waals surface area contributed by atoms with Crippen molar-refractivity contribution in [3.8, 4) is 11.3 Å². The summed E-state index contributed by atoms with van der Waals surface area (Å²) in [6, 6.07) is 23.4. The molecule has 7 rings (SSSR count). The first-order valence-electron chi connectivity index (χ1n) is 17.3. The van der Waals surface area contributed by atoms with Gasteiger partial charge in [-0.25, -0.2) is 9.78 Å². The number of aromatic nitrogens is 1. The van der Waals surface area contributed by atoms with Crippen molar-refractivity contribution >= 4 is 50.5 Å². The number of anilines is 1. The summed E-state index contributed by atoms with van der Waals surface area (Å²) >= 11 is 3.61. The normalized spacial score (nSPS) is 21.8. The SMILES string of the molecule is Cc1c(-c2ccccc2)nc2ccc(Br)cc2c1C(=O)NC12CCC(C(=O)OC(C)(C)C)(CC1)CC2c1cccc(NC(=O)OC(C)(C)C)c1. The Hall–Kier alpha value is -4.24. The predicted molar refractivity (Wildman–Crippen MR) is 200 cm³/mol. The van der Waals surface area contributed by atoms with Crippen molar-refractivity contribution in [2.75, 3.05) is 5.32 Å². The lowest BCUT2D eigenvalue weighted by atomic mass is 9.51. The van der Waals surface area contributed by atoms with Crippen LogP contribution in [0.15, 0.2) is 77.3 Å². The summed E-state index contributed by atoms with van der Waals surface area (Å²) in [4.78, 5) is 46.4. The molecule has 9 heteroatoms. The molecule has 3 saturated carbocycles. The van der Waals surface area contributed by atoms with E-state index < -0.39 is 28.2 Å². The van der Waals surface area contributed by atoms with Crippen LogP contribution in [0.4, 0.5) is 10.5 Å². The number of hydrogen-bond donors (Lipinski definition) is 2. The van der Waals surface area contributed by atoms with Gasteiger partial charge < -0.3 is 14.8 Å². The molecule has 3 aliphatic rings. The third kappa shape index (κ3) is 7.29.